The number of hydrogen-bond acceptors (Lipinski definition) is 4. The summed E-state index contributed by atoms with van der Waals surface area (Å²) in [5.74, 6) is -1.37. The van der Waals surface area contributed by atoms with Crippen molar-refractivity contribution < 1.29 is 24.2 Å². The molecule has 98 valence electrons. The Labute approximate surface area is 113 Å². The van der Waals surface area contributed by atoms with E-state index < -0.39 is 11.9 Å². The van der Waals surface area contributed by atoms with E-state index in [0.29, 0.717) is 11.3 Å². The maximum Gasteiger partial charge on any atom is 0.338 e. The number of aromatic carboxylic acids is 1. The molecule has 0 saturated carbocycles. The highest BCUT2D eigenvalue weighted by molar-refractivity contribution is 9.08. The number of methoxy groups -OCH3 is 1. The molecule has 0 heterocycles. The van der Waals surface area contributed by atoms with E-state index in [4.69, 9.17) is 14.6 Å². The fourth-order valence-electron chi connectivity index (χ4n) is 1.49. The summed E-state index contributed by atoms with van der Waals surface area (Å²) in [4.78, 5) is 22.9. The van der Waals surface area contributed by atoms with Gasteiger partial charge in [-0.05, 0) is 24.6 Å². The fraction of sp³-hybridized carbons (Fsp3) is 0.333. The number of alkyl halides is 1. The zero-order valence-corrected chi connectivity index (χ0v) is 11.6. The van der Waals surface area contributed by atoms with Crippen LogP contribution in [0.3, 0.4) is 0 Å². The molecule has 0 saturated heterocycles. The molecule has 0 amide bonds. The van der Waals surface area contributed by atoms with Crippen LogP contribution in [0.5, 0.6) is 5.75 Å². The summed E-state index contributed by atoms with van der Waals surface area (Å²) in [7, 11) is 1.41. The molecular weight excluding hydrogens is 304 g/mol. The van der Waals surface area contributed by atoms with Crippen molar-refractivity contribution in [2.24, 2.45) is 0 Å². The molecule has 1 aromatic carbocycles. The molecule has 1 N–H and O–H groups in total. The van der Waals surface area contributed by atoms with Crippen LogP contribution >= 0.6 is 15.9 Å². The van der Waals surface area contributed by atoms with Crippen LogP contribution in [0, 0.1) is 0 Å². The quantitative estimate of drug-likeness (QED) is 0.667. The first-order valence-electron chi connectivity index (χ1n) is 5.22. The largest absolute Gasteiger partial charge is 0.497 e. The number of carbonyl (C=O) groups is 2. The van der Waals surface area contributed by atoms with Gasteiger partial charge in [-0.3, -0.25) is 0 Å². The Morgan fingerprint density at radius 2 is 1.94 bits per heavy atom. The Morgan fingerprint density at radius 3 is 2.39 bits per heavy atom. The number of benzene rings is 1. The first kappa shape index (κ1) is 14.5. The molecule has 6 heteroatoms. The topological polar surface area (TPSA) is 72.8 Å². The lowest BCUT2D eigenvalue weighted by atomic mass is 10.0. The number of ether oxygens (including phenoxy) is 2. The van der Waals surface area contributed by atoms with Crippen LogP contribution in [0.1, 0.15) is 33.2 Å². The van der Waals surface area contributed by atoms with Gasteiger partial charge < -0.3 is 14.6 Å². The predicted octanol–water partition coefficient (Wildman–Crippen LogP) is 2.46. The molecule has 0 aliphatic rings. The lowest BCUT2D eigenvalue weighted by Gasteiger charge is -2.12. The van der Waals surface area contributed by atoms with Crippen LogP contribution in [-0.4, -0.2) is 30.8 Å². The van der Waals surface area contributed by atoms with Crippen molar-refractivity contribution in [1.29, 1.82) is 0 Å². The Kier molecular flexibility index (Phi) is 5.15. The van der Waals surface area contributed by atoms with Gasteiger partial charge in [0.25, 0.3) is 0 Å². The first-order valence-corrected chi connectivity index (χ1v) is 6.34. The van der Waals surface area contributed by atoms with Crippen LogP contribution in [0.15, 0.2) is 12.1 Å². The van der Waals surface area contributed by atoms with Crippen LogP contribution in [0.2, 0.25) is 0 Å². The Hall–Kier alpha value is -1.56. The second kappa shape index (κ2) is 6.39. The molecule has 0 radical (unpaired) electrons. The minimum absolute atomic E-state index is 0.0225. The van der Waals surface area contributed by atoms with Gasteiger partial charge in [0.1, 0.15) is 5.75 Å². The number of rotatable bonds is 5. The third-order valence-corrected chi connectivity index (χ3v) is 2.88. The van der Waals surface area contributed by atoms with Gasteiger partial charge >= 0.3 is 11.9 Å². The highest BCUT2D eigenvalue weighted by Gasteiger charge is 2.20. The number of esters is 1. The van der Waals surface area contributed by atoms with Crippen molar-refractivity contribution in [1.82, 2.24) is 0 Å². The van der Waals surface area contributed by atoms with E-state index in [9.17, 15) is 9.59 Å². The van der Waals surface area contributed by atoms with E-state index in [1.807, 2.05) is 0 Å². The average Bonchev–Trinajstić information content (AvgIpc) is 2.37. The van der Waals surface area contributed by atoms with Gasteiger partial charge in [-0.2, -0.15) is 0 Å². The highest BCUT2D eigenvalue weighted by Crippen LogP contribution is 2.25. The number of carbonyl (C=O) groups excluding carboxylic acids is 1. The Bertz CT molecular complexity index is 470. The van der Waals surface area contributed by atoms with Crippen LogP contribution in [-0.2, 0) is 10.1 Å². The van der Waals surface area contributed by atoms with Gasteiger partial charge in [0.2, 0.25) is 0 Å². The van der Waals surface area contributed by atoms with Crippen LogP contribution in [0.4, 0.5) is 0 Å². The van der Waals surface area contributed by atoms with Crippen LogP contribution in [0.25, 0.3) is 0 Å². The SMILES string of the molecule is CCOC(=O)c1cc(OC)cc(C(=O)O)c1CBr. The molecule has 1 aromatic rings. The van der Waals surface area contributed by atoms with Gasteiger partial charge in [0.05, 0.1) is 24.8 Å². The molecule has 0 aromatic heterocycles. The predicted molar refractivity (Wildman–Crippen MR) is 68.5 cm³/mol. The summed E-state index contributed by atoms with van der Waals surface area (Å²) in [6.07, 6.45) is 0. The minimum Gasteiger partial charge on any atom is -0.497 e. The van der Waals surface area contributed by atoms with E-state index in [1.165, 1.54) is 19.2 Å². The standard InChI is InChI=1S/C12H13BrO5/c1-3-18-12(16)9-5-7(17-2)4-8(11(14)15)10(9)6-13/h4-5H,3,6H2,1-2H3,(H,14,15). The lowest BCUT2D eigenvalue weighted by Crippen LogP contribution is -2.12. The smallest absolute Gasteiger partial charge is 0.338 e. The molecule has 0 aliphatic heterocycles. The summed E-state index contributed by atoms with van der Waals surface area (Å²) in [6, 6.07) is 2.85. The zero-order valence-electron chi connectivity index (χ0n) is 10.0. The zero-order chi connectivity index (χ0) is 13.7. The second-order valence-corrected chi connectivity index (χ2v) is 3.92. The van der Waals surface area contributed by atoms with Gasteiger partial charge in [0.15, 0.2) is 0 Å². The molecule has 1 rings (SSSR count). The van der Waals surface area contributed by atoms with Gasteiger partial charge in [-0.1, -0.05) is 15.9 Å². The summed E-state index contributed by atoms with van der Waals surface area (Å²) in [5.41, 5.74) is 0.599. The molecule has 0 unspecified atom stereocenters. The Balaban J connectivity index is 3.42. The van der Waals surface area contributed by atoms with Crippen molar-refractivity contribution in [3.05, 3.63) is 28.8 Å². The van der Waals surface area contributed by atoms with Gasteiger partial charge in [-0.15, -0.1) is 0 Å². The van der Waals surface area contributed by atoms with Gasteiger partial charge in [-0.25, -0.2) is 9.59 Å². The summed E-state index contributed by atoms with van der Waals surface area (Å²) in [5, 5.41) is 9.37. The third kappa shape index (κ3) is 3.01. The molecule has 0 aliphatic carbocycles. The van der Waals surface area contributed by atoms with E-state index in [-0.39, 0.29) is 23.1 Å². The minimum atomic E-state index is -1.12. The molecule has 5 nitrogen and oxygen atoms in total. The van der Waals surface area contributed by atoms with Crippen molar-refractivity contribution in [3.63, 3.8) is 0 Å². The highest BCUT2D eigenvalue weighted by atomic mass is 79.9. The summed E-state index contributed by atoms with van der Waals surface area (Å²) in [6.45, 7) is 1.91. The summed E-state index contributed by atoms with van der Waals surface area (Å²) >= 11 is 3.18. The van der Waals surface area contributed by atoms with E-state index in [2.05, 4.69) is 15.9 Å². The first-order chi connectivity index (χ1) is 8.54. The molecule has 0 spiro atoms. The van der Waals surface area contributed by atoms with E-state index in [0.717, 1.165) is 0 Å². The average molecular weight is 317 g/mol. The van der Waals surface area contributed by atoms with E-state index in [1.54, 1.807) is 6.92 Å². The lowest BCUT2D eigenvalue weighted by molar-refractivity contribution is 0.0525. The number of carboxylic acid groups (broad SMARTS) is 1. The molecular formula is C12H13BrO5. The molecule has 0 fully saturated rings. The molecule has 0 bridgehead atoms. The van der Waals surface area contributed by atoms with Crippen LogP contribution < -0.4 is 4.74 Å². The van der Waals surface area contributed by atoms with E-state index >= 15 is 0 Å². The summed E-state index contributed by atoms with van der Waals surface area (Å²) < 4.78 is 9.88. The molecule has 0 atom stereocenters. The van der Waals surface area contributed by atoms with Gasteiger partial charge in [0, 0.05) is 5.33 Å². The maximum atomic E-state index is 11.8. The monoisotopic (exact) mass is 316 g/mol. The van der Waals surface area contributed by atoms with Crippen molar-refractivity contribution in [2.75, 3.05) is 13.7 Å². The number of halogens is 1. The normalized spacial score (nSPS) is 9.94. The van der Waals surface area contributed by atoms with Crippen molar-refractivity contribution >= 4 is 27.9 Å². The van der Waals surface area contributed by atoms with Crippen molar-refractivity contribution in [2.45, 2.75) is 12.3 Å². The molecule has 18 heavy (non-hydrogen) atoms. The Morgan fingerprint density at radius 1 is 1.33 bits per heavy atom. The maximum absolute atomic E-state index is 11.8. The number of carboxylic acids is 1. The third-order valence-electron chi connectivity index (χ3n) is 2.32. The fourth-order valence-corrected chi connectivity index (χ4v) is 2.09. The van der Waals surface area contributed by atoms with Crippen molar-refractivity contribution in [3.8, 4) is 5.75 Å². The second-order valence-electron chi connectivity index (χ2n) is 3.36. The number of hydrogen-bond donors (Lipinski definition) is 1.